The lowest BCUT2D eigenvalue weighted by Gasteiger charge is -2.08. The van der Waals surface area contributed by atoms with Crippen molar-refractivity contribution in [2.45, 2.75) is 20.8 Å². The van der Waals surface area contributed by atoms with Gasteiger partial charge in [0.2, 0.25) is 0 Å². The van der Waals surface area contributed by atoms with Crippen molar-refractivity contribution in [3.63, 3.8) is 0 Å². The largest absolute Gasteiger partial charge is 0.324 e. The van der Waals surface area contributed by atoms with E-state index in [1.807, 2.05) is 45.0 Å². The van der Waals surface area contributed by atoms with Crippen LogP contribution in [0.4, 0.5) is 5.69 Å². The Labute approximate surface area is 156 Å². The van der Waals surface area contributed by atoms with E-state index in [2.05, 4.69) is 10.3 Å². The third-order valence-corrected chi connectivity index (χ3v) is 4.94. The van der Waals surface area contributed by atoms with Gasteiger partial charge in [-0.15, -0.1) is 0 Å². The SMILES string of the molecule is Cc1ccc2nc3c(cc(C(=O)Nc4ccc(C)c(C)c4)n3C)c(=O)n2c1. The number of nitrogens with one attached hydrogen (secondary N) is 1. The zero-order valence-corrected chi connectivity index (χ0v) is 15.7. The first-order valence-electron chi connectivity index (χ1n) is 8.72. The second-order valence-corrected chi connectivity index (χ2v) is 6.93. The number of carbonyl (C=O) groups is 1. The first kappa shape index (κ1) is 17.0. The Kier molecular flexibility index (Phi) is 3.84. The summed E-state index contributed by atoms with van der Waals surface area (Å²) in [6.45, 7) is 5.94. The maximum Gasteiger partial charge on any atom is 0.272 e. The van der Waals surface area contributed by atoms with Crippen LogP contribution in [0.25, 0.3) is 16.7 Å². The van der Waals surface area contributed by atoms with E-state index in [1.54, 1.807) is 29.9 Å². The summed E-state index contributed by atoms with van der Waals surface area (Å²) in [7, 11) is 1.74. The van der Waals surface area contributed by atoms with Crippen LogP contribution in [0.15, 0.2) is 47.4 Å². The Bertz CT molecular complexity index is 1280. The van der Waals surface area contributed by atoms with E-state index in [0.29, 0.717) is 22.4 Å². The molecule has 0 saturated carbocycles. The van der Waals surface area contributed by atoms with Gasteiger partial charge in [-0.05, 0) is 61.7 Å². The second-order valence-electron chi connectivity index (χ2n) is 6.93. The van der Waals surface area contributed by atoms with Gasteiger partial charge in [0, 0.05) is 18.9 Å². The number of amides is 1. The highest BCUT2D eigenvalue weighted by Crippen LogP contribution is 2.18. The first-order valence-corrected chi connectivity index (χ1v) is 8.72. The van der Waals surface area contributed by atoms with Crippen LogP contribution in [-0.2, 0) is 7.05 Å². The van der Waals surface area contributed by atoms with Crippen LogP contribution in [0.3, 0.4) is 0 Å². The molecule has 0 aliphatic carbocycles. The van der Waals surface area contributed by atoms with Crippen LogP contribution in [0.2, 0.25) is 0 Å². The van der Waals surface area contributed by atoms with Gasteiger partial charge < -0.3 is 9.88 Å². The Balaban J connectivity index is 1.82. The molecule has 0 atom stereocenters. The number of aryl methyl sites for hydroxylation is 4. The number of nitrogens with zero attached hydrogens (tertiary/aromatic N) is 3. The summed E-state index contributed by atoms with van der Waals surface area (Å²) < 4.78 is 3.18. The van der Waals surface area contributed by atoms with E-state index in [4.69, 9.17) is 0 Å². The average molecular weight is 360 g/mol. The topological polar surface area (TPSA) is 68.4 Å². The zero-order valence-electron chi connectivity index (χ0n) is 15.7. The molecule has 0 bridgehead atoms. The third-order valence-electron chi connectivity index (χ3n) is 4.94. The Hall–Kier alpha value is -3.41. The molecule has 27 heavy (non-hydrogen) atoms. The number of carbonyl (C=O) groups excluding carboxylic acids is 1. The van der Waals surface area contributed by atoms with Gasteiger partial charge >= 0.3 is 0 Å². The highest BCUT2D eigenvalue weighted by molar-refractivity contribution is 6.06. The van der Waals surface area contributed by atoms with Crippen molar-refractivity contribution < 1.29 is 4.79 Å². The molecule has 3 heterocycles. The highest BCUT2D eigenvalue weighted by atomic mass is 16.2. The van der Waals surface area contributed by atoms with Crippen molar-refractivity contribution in [2.75, 3.05) is 5.32 Å². The normalized spacial score (nSPS) is 11.3. The molecule has 0 aliphatic heterocycles. The summed E-state index contributed by atoms with van der Waals surface area (Å²) in [5.74, 6) is -0.275. The molecule has 1 aromatic carbocycles. The number of pyridine rings is 1. The van der Waals surface area contributed by atoms with Gasteiger partial charge in [0.05, 0.1) is 5.39 Å². The summed E-state index contributed by atoms with van der Waals surface area (Å²) in [6.07, 6.45) is 1.76. The van der Waals surface area contributed by atoms with Crippen molar-refractivity contribution >= 4 is 28.3 Å². The van der Waals surface area contributed by atoms with E-state index in [0.717, 1.165) is 22.4 Å². The number of hydrogen-bond donors (Lipinski definition) is 1. The lowest BCUT2D eigenvalue weighted by Crippen LogP contribution is -2.16. The van der Waals surface area contributed by atoms with E-state index in [-0.39, 0.29) is 11.5 Å². The molecule has 1 N–H and O–H groups in total. The molecule has 3 aromatic heterocycles. The summed E-state index contributed by atoms with van der Waals surface area (Å²) in [5.41, 5.74) is 5.21. The van der Waals surface area contributed by atoms with Crippen LogP contribution in [-0.4, -0.2) is 19.9 Å². The van der Waals surface area contributed by atoms with Crippen LogP contribution >= 0.6 is 0 Å². The highest BCUT2D eigenvalue weighted by Gasteiger charge is 2.18. The second kappa shape index (κ2) is 6.09. The molecular formula is C21H20N4O2. The van der Waals surface area contributed by atoms with Gasteiger partial charge in [0.1, 0.15) is 17.0 Å². The average Bonchev–Trinajstić information content (AvgIpc) is 2.96. The van der Waals surface area contributed by atoms with E-state index in [9.17, 15) is 9.59 Å². The third kappa shape index (κ3) is 2.79. The molecule has 1 amide bonds. The standard InChI is InChI=1S/C21H20N4O2/c1-12-5-8-18-23-19-16(21(27)25(18)11-12)10-17(24(19)4)20(26)22-15-7-6-13(2)14(3)9-15/h5-11H,1-4H3,(H,22,26). The van der Waals surface area contributed by atoms with Gasteiger partial charge in [-0.2, -0.15) is 0 Å². The lowest BCUT2D eigenvalue weighted by molar-refractivity contribution is 0.101. The molecule has 0 spiro atoms. The molecule has 136 valence electrons. The zero-order chi connectivity index (χ0) is 19.3. The molecule has 0 saturated heterocycles. The molecular weight excluding hydrogens is 340 g/mol. The van der Waals surface area contributed by atoms with Gasteiger partial charge in [-0.25, -0.2) is 4.98 Å². The molecule has 6 heteroatoms. The number of fused-ring (bicyclic) bond motifs is 2. The molecule has 0 aliphatic rings. The summed E-state index contributed by atoms with van der Waals surface area (Å²) in [4.78, 5) is 30.2. The van der Waals surface area contributed by atoms with Crippen LogP contribution < -0.4 is 10.9 Å². The minimum Gasteiger partial charge on any atom is -0.324 e. The Morgan fingerprint density at radius 3 is 2.56 bits per heavy atom. The Morgan fingerprint density at radius 2 is 1.81 bits per heavy atom. The summed E-state index contributed by atoms with van der Waals surface area (Å²) in [6, 6.07) is 11.1. The Morgan fingerprint density at radius 1 is 1.04 bits per heavy atom. The fraction of sp³-hybridized carbons (Fsp3) is 0.190. The van der Waals surface area contributed by atoms with Gasteiger partial charge in [-0.3, -0.25) is 14.0 Å². The molecule has 4 rings (SSSR count). The summed E-state index contributed by atoms with van der Waals surface area (Å²) in [5, 5.41) is 3.32. The number of rotatable bonds is 2. The van der Waals surface area contributed by atoms with Gasteiger partial charge in [-0.1, -0.05) is 12.1 Å². The fourth-order valence-electron chi connectivity index (χ4n) is 3.21. The number of anilines is 1. The van der Waals surface area contributed by atoms with Gasteiger partial charge in [0.25, 0.3) is 11.5 Å². The number of hydrogen-bond acceptors (Lipinski definition) is 3. The van der Waals surface area contributed by atoms with E-state index >= 15 is 0 Å². The molecule has 0 radical (unpaired) electrons. The predicted octanol–water partition coefficient (Wildman–Crippen LogP) is 3.36. The van der Waals surface area contributed by atoms with Crippen LogP contribution in [0.5, 0.6) is 0 Å². The van der Waals surface area contributed by atoms with Crippen molar-refractivity contribution in [3.05, 3.63) is 75.3 Å². The molecule has 0 unspecified atom stereocenters. The van der Waals surface area contributed by atoms with Crippen molar-refractivity contribution in [2.24, 2.45) is 7.05 Å². The van der Waals surface area contributed by atoms with Crippen LogP contribution in [0, 0.1) is 20.8 Å². The van der Waals surface area contributed by atoms with Crippen molar-refractivity contribution in [3.8, 4) is 0 Å². The maximum absolute atomic E-state index is 12.8. The maximum atomic E-state index is 12.8. The molecule has 6 nitrogen and oxygen atoms in total. The first-order chi connectivity index (χ1) is 12.8. The van der Waals surface area contributed by atoms with Crippen LogP contribution in [0.1, 0.15) is 27.2 Å². The lowest BCUT2D eigenvalue weighted by atomic mass is 10.1. The quantitative estimate of drug-likeness (QED) is 0.596. The fourth-order valence-corrected chi connectivity index (χ4v) is 3.21. The van der Waals surface area contributed by atoms with E-state index in [1.165, 1.54) is 4.40 Å². The summed E-state index contributed by atoms with van der Waals surface area (Å²) >= 11 is 0. The smallest absolute Gasteiger partial charge is 0.272 e. The number of aromatic nitrogens is 3. The number of benzene rings is 1. The predicted molar refractivity (Wildman–Crippen MR) is 107 cm³/mol. The minimum atomic E-state index is -0.275. The monoisotopic (exact) mass is 360 g/mol. The molecule has 0 fully saturated rings. The van der Waals surface area contributed by atoms with Crippen molar-refractivity contribution in [1.29, 1.82) is 0 Å². The van der Waals surface area contributed by atoms with Gasteiger partial charge in [0.15, 0.2) is 0 Å². The molecule has 4 aromatic rings. The van der Waals surface area contributed by atoms with E-state index < -0.39 is 0 Å². The minimum absolute atomic E-state index is 0.181. The van der Waals surface area contributed by atoms with Crippen molar-refractivity contribution in [1.82, 2.24) is 14.0 Å².